The van der Waals surface area contributed by atoms with Crippen LogP contribution in [0.15, 0.2) is 72.8 Å². The molecule has 9 heteroatoms. The van der Waals surface area contributed by atoms with E-state index in [1.807, 2.05) is 0 Å². The summed E-state index contributed by atoms with van der Waals surface area (Å²) >= 11 is 5.97. The van der Waals surface area contributed by atoms with Gasteiger partial charge in [0.05, 0.1) is 31.0 Å². The topological polar surface area (TPSA) is 75.7 Å². The predicted molar refractivity (Wildman–Crippen MR) is 127 cm³/mol. The highest BCUT2D eigenvalue weighted by molar-refractivity contribution is 6.30. The van der Waals surface area contributed by atoms with Crippen LogP contribution in [0, 0.1) is 23.5 Å². The lowest BCUT2D eigenvalue weighted by Gasteiger charge is -2.36. The van der Waals surface area contributed by atoms with Gasteiger partial charge < -0.3 is 4.74 Å². The van der Waals surface area contributed by atoms with Gasteiger partial charge in [0.15, 0.2) is 0 Å². The van der Waals surface area contributed by atoms with Crippen LogP contribution >= 0.6 is 11.6 Å². The van der Waals surface area contributed by atoms with Crippen LogP contribution in [0.25, 0.3) is 0 Å². The number of methoxy groups -OCH3 is 1. The lowest BCUT2D eigenvalue weighted by atomic mass is 9.71. The molecule has 2 heterocycles. The maximum Gasteiger partial charge on any atom is 0.323 e. The first-order valence-corrected chi connectivity index (χ1v) is 11.6. The molecule has 2 fully saturated rings. The van der Waals surface area contributed by atoms with Crippen molar-refractivity contribution in [1.29, 1.82) is 0 Å². The zero-order valence-electron chi connectivity index (χ0n) is 19.1. The van der Waals surface area contributed by atoms with E-state index in [0.717, 1.165) is 4.90 Å². The largest absolute Gasteiger partial charge is 0.468 e. The third kappa shape index (κ3) is 3.77. The molecule has 5 rings (SSSR count). The molecule has 3 aromatic rings. The quantitative estimate of drug-likeness (QED) is 0.417. The van der Waals surface area contributed by atoms with Crippen molar-refractivity contribution in [2.45, 2.75) is 18.1 Å². The van der Waals surface area contributed by atoms with E-state index in [1.54, 1.807) is 24.3 Å². The fraction of sp³-hybridized carbons (Fsp3) is 0.222. The number of benzene rings is 3. The van der Waals surface area contributed by atoms with Gasteiger partial charge in [-0.05, 0) is 53.1 Å². The van der Waals surface area contributed by atoms with E-state index >= 15 is 0 Å². The Morgan fingerprint density at radius 2 is 1.44 bits per heavy atom. The fourth-order valence-corrected chi connectivity index (χ4v) is 5.47. The number of esters is 1. The number of amides is 2. The number of hydrogen-bond donors (Lipinski definition) is 1. The van der Waals surface area contributed by atoms with Crippen LogP contribution in [0.3, 0.4) is 0 Å². The van der Waals surface area contributed by atoms with Crippen molar-refractivity contribution in [3.63, 3.8) is 0 Å². The maximum absolute atomic E-state index is 14.0. The molecule has 2 saturated heterocycles. The number of carbonyl (C=O) groups excluding carboxylic acids is 3. The Kier molecular flexibility index (Phi) is 6.10. The Morgan fingerprint density at radius 3 is 1.94 bits per heavy atom. The van der Waals surface area contributed by atoms with Gasteiger partial charge >= 0.3 is 5.97 Å². The average Bonchev–Trinajstić information content (AvgIpc) is 3.36. The molecule has 3 atom stereocenters. The van der Waals surface area contributed by atoms with Crippen LogP contribution in [0.2, 0.25) is 5.02 Å². The maximum atomic E-state index is 14.0. The minimum absolute atomic E-state index is 0.0152. The standard InChI is InChI=1S/C27H21ClF2N2O4/c1-36-26(35)23-21-22(25(34)32(24(21)33)14-15-2-8-18(28)9-3-15)27(31-23,16-4-10-19(29)11-5-16)17-6-12-20(30)13-7-17/h2-13,21-23,31H,14H2,1H3/t21-,22-,23+/m0/s1. The zero-order chi connectivity index (χ0) is 25.6. The van der Waals surface area contributed by atoms with Crippen molar-refractivity contribution in [2.24, 2.45) is 11.8 Å². The van der Waals surface area contributed by atoms with Gasteiger partial charge in [-0.25, -0.2) is 8.78 Å². The van der Waals surface area contributed by atoms with E-state index in [0.29, 0.717) is 21.7 Å². The van der Waals surface area contributed by atoms with Crippen LogP contribution in [0.5, 0.6) is 0 Å². The van der Waals surface area contributed by atoms with E-state index in [4.69, 9.17) is 16.3 Å². The zero-order valence-corrected chi connectivity index (χ0v) is 19.8. The summed E-state index contributed by atoms with van der Waals surface area (Å²) in [5.41, 5.74) is 0.155. The number of fused-ring (bicyclic) bond motifs is 1. The summed E-state index contributed by atoms with van der Waals surface area (Å²) in [4.78, 5) is 41.6. The molecule has 0 aromatic heterocycles. The van der Waals surface area contributed by atoms with E-state index in [1.165, 1.54) is 55.6 Å². The van der Waals surface area contributed by atoms with Crippen LogP contribution in [0.1, 0.15) is 16.7 Å². The second-order valence-electron chi connectivity index (χ2n) is 8.86. The Hall–Kier alpha value is -3.62. The Bertz CT molecular complexity index is 1280. The number of hydrogen-bond acceptors (Lipinski definition) is 5. The summed E-state index contributed by atoms with van der Waals surface area (Å²) in [5, 5.41) is 3.69. The SMILES string of the molecule is COC(=O)[C@@H]1NC(c2ccc(F)cc2)(c2ccc(F)cc2)[C@@H]2C(=O)N(Cc3ccc(Cl)cc3)C(=O)[C@@H]21. The monoisotopic (exact) mass is 510 g/mol. The van der Waals surface area contributed by atoms with Gasteiger partial charge in [0.1, 0.15) is 17.7 Å². The summed E-state index contributed by atoms with van der Waals surface area (Å²) < 4.78 is 32.7. The molecule has 0 saturated carbocycles. The van der Waals surface area contributed by atoms with Gasteiger partial charge in [-0.1, -0.05) is 48.0 Å². The molecule has 3 aromatic carbocycles. The van der Waals surface area contributed by atoms with Crippen molar-refractivity contribution in [3.8, 4) is 0 Å². The van der Waals surface area contributed by atoms with Gasteiger partial charge in [-0.15, -0.1) is 0 Å². The molecule has 184 valence electrons. The normalized spacial score (nSPS) is 22.6. The molecule has 0 bridgehead atoms. The Balaban J connectivity index is 1.68. The molecular weight excluding hydrogens is 490 g/mol. The van der Waals surface area contributed by atoms with Crippen molar-refractivity contribution >= 4 is 29.4 Å². The highest BCUT2D eigenvalue weighted by Gasteiger charge is 2.68. The van der Waals surface area contributed by atoms with E-state index in [2.05, 4.69) is 5.32 Å². The molecular formula is C27H21ClF2N2O4. The number of nitrogens with zero attached hydrogens (tertiary/aromatic N) is 1. The number of nitrogens with one attached hydrogen (secondary N) is 1. The minimum atomic E-state index is -1.42. The highest BCUT2D eigenvalue weighted by atomic mass is 35.5. The Morgan fingerprint density at radius 1 is 0.917 bits per heavy atom. The molecule has 1 N–H and O–H groups in total. The van der Waals surface area contributed by atoms with Crippen molar-refractivity contribution in [2.75, 3.05) is 7.11 Å². The van der Waals surface area contributed by atoms with Crippen LogP contribution in [0.4, 0.5) is 8.78 Å². The lowest BCUT2D eigenvalue weighted by Crippen LogP contribution is -2.51. The molecule has 2 aliphatic heterocycles. The number of rotatable bonds is 5. The second kappa shape index (κ2) is 9.11. The molecule has 0 aliphatic carbocycles. The van der Waals surface area contributed by atoms with Crippen molar-refractivity contribution < 1.29 is 27.9 Å². The number of likely N-dealkylation sites (tertiary alicyclic amines) is 1. The highest BCUT2D eigenvalue weighted by Crippen LogP contribution is 2.52. The van der Waals surface area contributed by atoms with Gasteiger partial charge in [-0.3, -0.25) is 24.6 Å². The van der Waals surface area contributed by atoms with Gasteiger partial charge in [0.25, 0.3) is 0 Å². The van der Waals surface area contributed by atoms with Crippen LogP contribution < -0.4 is 5.32 Å². The second-order valence-corrected chi connectivity index (χ2v) is 9.30. The van der Waals surface area contributed by atoms with Crippen LogP contribution in [-0.4, -0.2) is 35.8 Å². The number of carbonyl (C=O) groups is 3. The molecule has 2 aliphatic rings. The summed E-state index contributed by atoms with van der Waals surface area (Å²) in [6, 6.07) is 16.4. The van der Waals surface area contributed by atoms with Crippen molar-refractivity contribution in [1.82, 2.24) is 10.2 Å². The molecule has 0 unspecified atom stereocenters. The van der Waals surface area contributed by atoms with E-state index < -0.39 is 52.8 Å². The summed E-state index contributed by atoms with van der Waals surface area (Å²) in [6.07, 6.45) is 0. The summed E-state index contributed by atoms with van der Waals surface area (Å²) in [6.45, 7) is -0.0152. The first kappa shape index (κ1) is 24.1. The van der Waals surface area contributed by atoms with Crippen molar-refractivity contribution in [3.05, 3.63) is 106 Å². The third-order valence-corrected chi connectivity index (χ3v) is 7.21. The molecule has 0 spiro atoms. The Labute approximate surface area is 210 Å². The number of ether oxygens (including phenoxy) is 1. The third-order valence-electron chi connectivity index (χ3n) is 6.96. The average molecular weight is 511 g/mol. The summed E-state index contributed by atoms with van der Waals surface area (Å²) in [5.74, 6) is -4.91. The molecule has 6 nitrogen and oxygen atoms in total. The van der Waals surface area contributed by atoms with E-state index in [-0.39, 0.29) is 6.54 Å². The van der Waals surface area contributed by atoms with Gasteiger partial charge in [-0.2, -0.15) is 0 Å². The molecule has 36 heavy (non-hydrogen) atoms. The van der Waals surface area contributed by atoms with Gasteiger partial charge in [0.2, 0.25) is 11.8 Å². The molecule has 0 radical (unpaired) electrons. The van der Waals surface area contributed by atoms with Crippen LogP contribution in [-0.2, 0) is 31.2 Å². The smallest absolute Gasteiger partial charge is 0.323 e. The summed E-state index contributed by atoms with van der Waals surface area (Å²) in [7, 11) is 1.20. The first-order chi connectivity index (χ1) is 17.3. The fourth-order valence-electron chi connectivity index (χ4n) is 5.35. The van der Waals surface area contributed by atoms with Gasteiger partial charge in [0, 0.05) is 5.02 Å². The first-order valence-electron chi connectivity index (χ1n) is 11.2. The predicted octanol–water partition coefficient (Wildman–Crippen LogP) is 3.81. The minimum Gasteiger partial charge on any atom is -0.468 e. The lowest BCUT2D eigenvalue weighted by molar-refractivity contribution is -0.148. The van der Waals surface area contributed by atoms with E-state index in [9.17, 15) is 23.2 Å². The molecule has 2 amide bonds. The number of imide groups is 1. The number of halogens is 3.